The van der Waals surface area contributed by atoms with Crippen molar-refractivity contribution in [2.24, 2.45) is 11.8 Å². The molecule has 2 aromatic rings. The molecule has 2 aliphatic carbocycles. The number of aromatic hydroxyl groups is 2. The van der Waals surface area contributed by atoms with Gasteiger partial charge in [-0.3, -0.25) is 4.90 Å². The number of hydrogen-bond acceptors (Lipinski definition) is 7. The average molecular weight is 690 g/mol. The summed E-state index contributed by atoms with van der Waals surface area (Å²) >= 11 is 0. The van der Waals surface area contributed by atoms with Gasteiger partial charge in [-0.25, -0.2) is 4.79 Å². The maximum absolute atomic E-state index is 12.7. The molecule has 8 nitrogen and oxygen atoms in total. The van der Waals surface area contributed by atoms with E-state index >= 15 is 0 Å². The average Bonchev–Trinajstić information content (AvgIpc) is 3.00. The van der Waals surface area contributed by atoms with Crippen LogP contribution in [-0.2, 0) is 30.4 Å². The van der Waals surface area contributed by atoms with E-state index in [0.29, 0.717) is 17.9 Å². The molecule has 0 bridgehead atoms. The summed E-state index contributed by atoms with van der Waals surface area (Å²) in [6.45, 7) is 11.2. The molecule has 2 heterocycles. The largest absolute Gasteiger partial charge is 0.504 e. The molecule has 0 unspecified atom stereocenters. The van der Waals surface area contributed by atoms with E-state index in [-0.39, 0.29) is 40.6 Å². The van der Waals surface area contributed by atoms with Crippen LogP contribution >= 0.6 is 17.0 Å². The molecule has 2 saturated heterocycles. The predicted octanol–water partition coefficient (Wildman–Crippen LogP) is 7.08. The van der Waals surface area contributed by atoms with Crippen LogP contribution in [0.5, 0.6) is 23.0 Å². The molecule has 250 valence electrons. The lowest BCUT2D eigenvalue weighted by atomic mass is 9.75. The Kier molecular flexibility index (Phi) is 11.6. The molecule has 45 heavy (non-hydrogen) atoms. The highest BCUT2D eigenvalue weighted by Gasteiger charge is 2.41. The molecule has 2 N–H and O–H groups in total. The summed E-state index contributed by atoms with van der Waals surface area (Å²) in [4.78, 5) is 17.2. The maximum Gasteiger partial charge on any atom is 0.410 e. The predicted molar refractivity (Wildman–Crippen MR) is 182 cm³/mol. The van der Waals surface area contributed by atoms with Gasteiger partial charge in [-0.2, -0.15) is 0 Å². The van der Waals surface area contributed by atoms with Crippen molar-refractivity contribution >= 4 is 23.1 Å². The zero-order valence-corrected chi connectivity index (χ0v) is 29.6. The molecule has 0 spiro atoms. The summed E-state index contributed by atoms with van der Waals surface area (Å²) in [6.07, 6.45) is 9.37. The number of phenolic OH excluding ortho intramolecular Hbond substituents is 2. The Morgan fingerprint density at radius 2 is 1.49 bits per heavy atom. The van der Waals surface area contributed by atoms with Gasteiger partial charge in [0.25, 0.3) is 0 Å². The Morgan fingerprint density at radius 1 is 0.867 bits per heavy atom. The van der Waals surface area contributed by atoms with Crippen LogP contribution in [-0.4, -0.2) is 77.6 Å². The second kappa shape index (κ2) is 14.8. The molecule has 9 heteroatoms. The zero-order chi connectivity index (χ0) is 31.6. The van der Waals surface area contributed by atoms with Crippen molar-refractivity contribution in [2.75, 3.05) is 33.9 Å². The number of rotatable bonds is 4. The number of carbonyl (C=O) groups is 1. The van der Waals surface area contributed by atoms with E-state index in [1.54, 1.807) is 20.3 Å². The molecule has 0 radical (unpaired) electrons. The molecule has 0 aromatic heterocycles. The number of phenols is 2. The number of fused-ring (bicyclic) bond motifs is 4. The monoisotopic (exact) mass is 688 g/mol. The van der Waals surface area contributed by atoms with Crippen molar-refractivity contribution in [2.45, 2.75) is 103 Å². The summed E-state index contributed by atoms with van der Waals surface area (Å²) in [5.41, 5.74) is 4.22. The first-order chi connectivity index (χ1) is 21.0. The van der Waals surface area contributed by atoms with Crippen molar-refractivity contribution in [1.82, 2.24) is 9.80 Å². The van der Waals surface area contributed by atoms with E-state index in [1.807, 2.05) is 37.8 Å². The van der Waals surface area contributed by atoms with Crippen LogP contribution in [0.2, 0.25) is 0 Å². The number of carbonyl (C=O) groups excluding carboxylic acids is 1. The van der Waals surface area contributed by atoms with Crippen molar-refractivity contribution in [3.8, 4) is 23.0 Å². The molecule has 4 atom stereocenters. The summed E-state index contributed by atoms with van der Waals surface area (Å²) in [7, 11) is 3.36. The van der Waals surface area contributed by atoms with Crippen molar-refractivity contribution in [3.05, 3.63) is 46.5 Å². The Morgan fingerprint density at radius 3 is 2.16 bits per heavy atom. The fourth-order valence-corrected chi connectivity index (χ4v) is 8.02. The van der Waals surface area contributed by atoms with Gasteiger partial charge in [0.05, 0.1) is 14.2 Å². The van der Waals surface area contributed by atoms with Crippen LogP contribution in [0.3, 0.4) is 0 Å². The highest BCUT2D eigenvalue weighted by molar-refractivity contribution is 8.93. The van der Waals surface area contributed by atoms with Crippen LogP contribution in [0, 0.1) is 11.8 Å². The number of likely N-dealkylation sites (tertiary alicyclic amines) is 2. The van der Waals surface area contributed by atoms with Gasteiger partial charge in [-0.1, -0.05) is 19.1 Å². The minimum atomic E-state index is -0.465. The lowest BCUT2D eigenvalue weighted by molar-refractivity contribution is -0.00145. The number of benzene rings is 2. The molecule has 0 saturated carbocycles. The fourth-order valence-electron chi connectivity index (χ4n) is 8.02. The van der Waals surface area contributed by atoms with Crippen LogP contribution in [0.4, 0.5) is 4.79 Å². The van der Waals surface area contributed by atoms with Crippen molar-refractivity contribution < 1.29 is 29.2 Å². The Bertz CT molecular complexity index is 1330. The highest BCUT2D eigenvalue weighted by atomic mass is 79.9. The van der Waals surface area contributed by atoms with Crippen LogP contribution in [0.15, 0.2) is 24.3 Å². The van der Waals surface area contributed by atoms with E-state index < -0.39 is 5.60 Å². The molecule has 2 aliphatic heterocycles. The van der Waals surface area contributed by atoms with Gasteiger partial charge in [0, 0.05) is 29.8 Å². The van der Waals surface area contributed by atoms with E-state index in [2.05, 4.69) is 17.9 Å². The first-order valence-electron chi connectivity index (χ1n) is 16.5. The SMILES string of the molecule is Br.CCCN1CCC[C@@H]2Cc3c(ccc(O)c3O)C[C@H]21.COc1ccc2c(c1OC)C[C@H]1CCCN(C(=O)OC(C)(C)C)[C@@H]1C2. The second-order valence-corrected chi connectivity index (χ2v) is 14.0. The summed E-state index contributed by atoms with van der Waals surface area (Å²) < 4.78 is 16.7. The summed E-state index contributed by atoms with van der Waals surface area (Å²) in [5, 5.41) is 19.7. The number of ether oxygens (including phenoxy) is 3. The molecule has 2 fully saturated rings. The summed E-state index contributed by atoms with van der Waals surface area (Å²) in [5.74, 6) is 2.84. The molecule has 1 amide bonds. The lowest BCUT2D eigenvalue weighted by Gasteiger charge is -2.44. The van der Waals surface area contributed by atoms with Gasteiger partial charge in [0.1, 0.15) is 5.60 Å². The van der Waals surface area contributed by atoms with Crippen LogP contribution in [0.25, 0.3) is 0 Å². The topological polar surface area (TPSA) is 91.7 Å². The Hall–Kier alpha value is -2.65. The smallest absolute Gasteiger partial charge is 0.410 e. The van der Waals surface area contributed by atoms with E-state index in [9.17, 15) is 15.0 Å². The number of nitrogens with zero attached hydrogens (tertiary/aromatic N) is 2. The van der Waals surface area contributed by atoms with Gasteiger partial charge in [0.2, 0.25) is 0 Å². The van der Waals surface area contributed by atoms with Gasteiger partial charge < -0.3 is 29.3 Å². The molecule has 4 aliphatic rings. The zero-order valence-electron chi connectivity index (χ0n) is 27.9. The number of hydrogen-bond donors (Lipinski definition) is 2. The maximum atomic E-state index is 12.7. The molecule has 2 aromatic carbocycles. The third kappa shape index (κ3) is 7.67. The first-order valence-corrected chi connectivity index (χ1v) is 16.5. The van der Waals surface area contributed by atoms with Gasteiger partial charge in [0.15, 0.2) is 23.0 Å². The molecular formula is C36H53BrN2O6. The van der Waals surface area contributed by atoms with Crippen molar-refractivity contribution in [3.63, 3.8) is 0 Å². The molecular weight excluding hydrogens is 636 g/mol. The van der Waals surface area contributed by atoms with Gasteiger partial charge in [-0.05, 0) is 127 Å². The number of piperidine rings is 2. The summed E-state index contributed by atoms with van der Waals surface area (Å²) in [6, 6.07) is 8.51. The first kappa shape index (κ1) is 35.2. The number of methoxy groups -OCH3 is 2. The quantitative estimate of drug-likeness (QED) is 0.332. The minimum Gasteiger partial charge on any atom is -0.504 e. The number of amides is 1. The third-order valence-electron chi connectivity index (χ3n) is 9.99. The Balaban J connectivity index is 0.000000207. The highest BCUT2D eigenvalue weighted by Crippen LogP contribution is 2.43. The van der Waals surface area contributed by atoms with Crippen molar-refractivity contribution in [1.29, 1.82) is 0 Å². The van der Waals surface area contributed by atoms with Crippen LogP contribution in [0.1, 0.15) is 82.1 Å². The molecule has 6 rings (SSSR count). The Labute approximate surface area is 279 Å². The fraction of sp³-hybridized carbons (Fsp3) is 0.639. The third-order valence-corrected chi connectivity index (χ3v) is 9.99. The van der Waals surface area contributed by atoms with E-state index in [4.69, 9.17) is 14.2 Å². The van der Waals surface area contributed by atoms with Gasteiger partial charge >= 0.3 is 6.09 Å². The van der Waals surface area contributed by atoms with E-state index in [0.717, 1.165) is 62.1 Å². The number of halogens is 1. The normalized spacial score (nSPS) is 23.9. The van der Waals surface area contributed by atoms with Crippen LogP contribution < -0.4 is 9.47 Å². The van der Waals surface area contributed by atoms with Gasteiger partial charge in [-0.15, -0.1) is 17.0 Å². The minimum absolute atomic E-state index is 0. The van der Waals surface area contributed by atoms with E-state index in [1.165, 1.54) is 49.0 Å². The lowest BCUT2D eigenvalue weighted by Crippen LogP contribution is -2.53. The second-order valence-electron chi connectivity index (χ2n) is 14.0. The standard InChI is InChI=1S/C20H29NO4.C16H23NO2.BrH/c1-20(2,3)25-19(22)21-10-6-7-14-11-15-13(12-16(14)21)8-9-17(23-4)18(15)24-5;1-2-7-17-8-3-4-12-9-13-11(10-14(12)17)5-6-15(18)16(13)19;/h8-9,14,16H,6-7,10-12H2,1-5H3;5-6,12,14,18-19H,2-4,7-10H2,1H3;1H/t14-,16-;12-,14-;/m11./s1.